The average Bonchev–Trinajstić information content (AvgIpc) is 2.74. The van der Waals surface area contributed by atoms with Crippen LogP contribution in [0.2, 0.25) is 0 Å². The molecule has 2 rings (SSSR count). The molecule has 1 aromatic carbocycles. The number of H-pyrrole nitrogens is 1. The third-order valence-corrected chi connectivity index (χ3v) is 2.82. The molecule has 4 N–H and O–H groups in total. The first-order valence-corrected chi connectivity index (χ1v) is 5.73. The molecule has 0 aliphatic rings. The summed E-state index contributed by atoms with van der Waals surface area (Å²) in [6.45, 7) is 3.98. The number of fused-ring (bicyclic) bond motifs is 1. The fourth-order valence-electron chi connectivity index (χ4n) is 1.67. The standard InChI is InChI=1S/C13H16FN3O/c1-13(2,7-15)17-12(18)11-6-8-9(14)4-3-5-10(8)16-11/h3-6,16H,7,15H2,1-2H3,(H,17,18). The van der Waals surface area contributed by atoms with Crippen molar-refractivity contribution in [2.75, 3.05) is 6.54 Å². The molecule has 0 aliphatic heterocycles. The van der Waals surface area contributed by atoms with Gasteiger partial charge in [-0.3, -0.25) is 4.79 Å². The Morgan fingerprint density at radius 3 is 2.83 bits per heavy atom. The molecule has 0 saturated carbocycles. The van der Waals surface area contributed by atoms with Gasteiger partial charge in [-0.05, 0) is 32.0 Å². The van der Waals surface area contributed by atoms with E-state index in [0.29, 0.717) is 23.1 Å². The van der Waals surface area contributed by atoms with Gasteiger partial charge in [-0.1, -0.05) is 6.07 Å². The van der Waals surface area contributed by atoms with Crippen LogP contribution in [0.4, 0.5) is 4.39 Å². The summed E-state index contributed by atoms with van der Waals surface area (Å²) < 4.78 is 13.5. The number of benzene rings is 1. The third kappa shape index (κ3) is 2.36. The summed E-state index contributed by atoms with van der Waals surface area (Å²) in [5, 5.41) is 3.20. The van der Waals surface area contributed by atoms with Crippen LogP contribution in [0.1, 0.15) is 24.3 Å². The van der Waals surface area contributed by atoms with Crippen LogP contribution in [0.25, 0.3) is 10.9 Å². The van der Waals surface area contributed by atoms with Crippen LogP contribution in [-0.2, 0) is 0 Å². The molecule has 0 radical (unpaired) electrons. The van der Waals surface area contributed by atoms with Gasteiger partial charge in [-0.2, -0.15) is 0 Å². The number of hydrogen-bond acceptors (Lipinski definition) is 2. The number of rotatable bonds is 3. The highest BCUT2D eigenvalue weighted by atomic mass is 19.1. The van der Waals surface area contributed by atoms with Crippen LogP contribution in [-0.4, -0.2) is 23.0 Å². The Balaban J connectivity index is 2.32. The summed E-state index contributed by atoms with van der Waals surface area (Å²) in [7, 11) is 0. The molecule has 0 aliphatic carbocycles. The number of hydrogen-bond donors (Lipinski definition) is 3. The number of aromatic nitrogens is 1. The number of aromatic amines is 1. The largest absolute Gasteiger partial charge is 0.350 e. The lowest BCUT2D eigenvalue weighted by molar-refractivity contribution is 0.0911. The fourth-order valence-corrected chi connectivity index (χ4v) is 1.67. The quantitative estimate of drug-likeness (QED) is 0.775. The molecule has 4 nitrogen and oxygen atoms in total. The van der Waals surface area contributed by atoms with Crippen molar-refractivity contribution in [1.29, 1.82) is 0 Å². The monoisotopic (exact) mass is 249 g/mol. The topological polar surface area (TPSA) is 70.9 Å². The molecule has 0 saturated heterocycles. The van der Waals surface area contributed by atoms with Crippen LogP contribution < -0.4 is 11.1 Å². The Labute approximate surface area is 104 Å². The summed E-state index contributed by atoms with van der Waals surface area (Å²) in [6, 6.07) is 6.19. The Morgan fingerprint density at radius 2 is 2.22 bits per heavy atom. The highest BCUT2D eigenvalue weighted by molar-refractivity contribution is 5.98. The summed E-state index contributed by atoms with van der Waals surface area (Å²) in [5.74, 6) is -0.637. The molecular formula is C13H16FN3O. The lowest BCUT2D eigenvalue weighted by Crippen LogP contribution is -2.48. The Hall–Kier alpha value is -1.88. The smallest absolute Gasteiger partial charge is 0.268 e. The van der Waals surface area contributed by atoms with E-state index in [-0.39, 0.29) is 11.7 Å². The van der Waals surface area contributed by atoms with E-state index in [9.17, 15) is 9.18 Å². The number of amides is 1. The summed E-state index contributed by atoms with van der Waals surface area (Å²) in [6.07, 6.45) is 0. The van der Waals surface area contributed by atoms with Gasteiger partial charge in [0.05, 0.1) is 0 Å². The molecule has 5 heteroatoms. The SMILES string of the molecule is CC(C)(CN)NC(=O)c1cc2c(F)cccc2[nH]1. The molecule has 0 atom stereocenters. The first kappa shape index (κ1) is 12.6. The van der Waals surface area contributed by atoms with Crippen molar-refractivity contribution in [3.63, 3.8) is 0 Å². The molecule has 96 valence electrons. The second-order valence-corrected chi connectivity index (χ2v) is 4.93. The Morgan fingerprint density at radius 1 is 1.50 bits per heavy atom. The zero-order valence-electron chi connectivity index (χ0n) is 10.4. The predicted octanol–water partition coefficient (Wildman–Crippen LogP) is 1.77. The maximum Gasteiger partial charge on any atom is 0.268 e. The van der Waals surface area contributed by atoms with E-state index < -0.39 is 5.54 Å². The van der Waals surface area contributed by atoms with Crippen LogP contribution in [0.15, 0.2) is 24.3 Å². The second-order valence-electron chi connectivity index (χ2n) is 4.93. The van der Waals surface area contributed by atoms with E-state index in [1.165, 1.54) is 12.1 Å². The number of nitrogens with one attached hydrogen (secondary N) is 2. The van der Waals surface area contributed by atoms with Crippen molar-refractivity contribution in [3.8, 4) is 0 Å². The lowest BCUT2D eigenvalue weighted by Gasteiger charge is -2.23. The maximum absolute atomic E-state index is 13.5. The van der Waals surface area contributed by atoms with Crippen LogP contribution in [0.3, 0.4) is 0 Å². The van der Waals surface area contributed by atoms with Crippen molar-refractivity contribution in [1.82, 2.24) is 10.3 Å². The molecule has 18 heavy (non-hydrogen) atoms. The van der Waals surface area contributed by atoms with Gasteiger partial charge in [0.1, 0.15) is 11.5 Å². The van der Waals surface area contributed by atoms with Crippen LogP contribution in [0, 0.1) is 5.82 Å². The lowest BCUT2D eigenvalue weighted by atomic mass is 10.1. The molecule has 1 amide bonds. The van der Waals surface area contributed by atoms with Crippen LogP contribution in [0.5, 0.6) is 0 Å². The number of carbonyl (C=O) groups excluding carboxylic acids is 1. The number of nitrogens with two attached hydrogens (primary N) is 1. The van der Waals surface area contributed by atoms with Crippen molar-refractivity contribution < 1.29 is 9.18 Å². The van der Waals surface area contributed by atoms with Gasteiger partial charge in [0.15, 0.2) is 0 Å². The molecule has 1 heterocycles. The molecule has 0 fully saturated rings. The van der Waals surface area contributed by atoms with E-state index >= 15 is 0 Å². The minimum absolute atomic E-state index is 0.291. The molecule has 1 aromatic heterocycles. The minimum atomic E-state index is -0.493. The van der Waals surface area contributed by atoms with Crippen molar-refractivity contribution in [2.24, 2.45) is 5.73 Å². The third-order valence-electron chi connectivity index (χ3n) is 2.82. The van der Waals surface area contributed by atoms with Crippen molar-refractivity contribution in [3.05, 3.63) is 35.8 Å². The maximum atomic E-state index is 13.5. The second kappa shape index (κ2) is 4.42. The molecular weight excluding hydrogens is 233 g/mol. The van der Waals surface area contributed by atoms with E-state index in [2.05, 4.69) is 10.3 Å². The molecule has 0 unspecified atom stereocenters. The first-order valence-electron chi connectivity index (χ1n) is 5.73. The van der Waals surface area contributed by atoms with Gasteiger partial charge in [-0.15, -0.1) is 0 Å². The van der Waals surface area contributed by atoms with Gasteiger partial charge in [-0.25, -0.2) is 4.39 Å². The zero-order chi connectivity index (χ0) is 13.3. The molecule has 0 bridgehead atoms. The minimum Gasteiger partial charge on any atom is -0.350 e. The first-order chi connectivity index (χ1) is 8.43. The number of halogens is 1. The van der Waals surface area contributed by atoms with Gasteiger partial charge in [0.25, 0.3) is 5.91 Å². The van der Waals surface area contributed by atoms with Crippen molar-refractivity contribution in [2.45, 2.75) is 19.4 Å². The average molecular weight is 249 g/mol. The van der Waals surface area contributed by atoms with Gasteiger partial charge >= 0.3 is 0 Å². The van der Waals surface area contributed by atoms with Crippen LogP contribution >= 0.6 is 0 Å². The Bertz CT molecular complexity index is 589. The van der Waals surface area contributed by atoms with Gasteiger partial charge < -0.3 is 16.0 Å². The van der Waals surface area contributed by atoms with Gasteiger partial charge in [0, 0.05) is 23.0 Å². The van der Waals surface area contributed by atoms with E-state index in [1.807, 2.05) is 13.8 Å². The molecule has 2 aromatic rings. The highest BCUT2D eigenvalue weighted by Crippen LogP contribution is 2.18. The van der Waals surface area contributed by atoms with E-state index in [4.69, 9.17) is 5.73 Å². The predicted molar refractivity (Wildman–Crippen MR) is 68.9 cm³/mol. The fraction of sp³-hybridized carbons (Fsp3) is 0.308. The highest BCUT2D eigenvalue weighted by Gasteiger charge is 2.20. The van der Waals surface area contributed by atoms with E-state index in [0.717, 1.165) is 0 Å². The summed E-state index contributed by atoms with van der Waals surface area (Å²) in [5.41, 5.74) is 5.99. The summed E-state index contributed by atoms with van der Waals surface area (Å²) >= 11 is 0. The Kier molecular flexibility index (Phi) is 3.09. The number of carbonyl (C=O) groups is 1. The van der Waals surface area contributed by atoms with E-state index in [1.54, 1.807) is 12.1 Å². The molecule has 0 spiro atoms. The normalized spacial score (nSPS) is 11.8. The van der Waals surface area contributed by atoms with Crippen molar-refractivity contribution >= 4 is 16.8 Å². The summed E-state index contributed by atoms with van der Waals surface area (Å²) in [4.78, 5) is 14.9. The zero-order valence-corrected chi connectivity index (χ0v) is 10.4. The van der Waals surface area contributed by atoms with Gasteiger partial charge in [0.2, 0.25) is 0 Å².